The first-order valence-corrected chi connectivity index (χ1v) is 5.84. The van der Waals surface area contributed by atoms with Gasteiger partial charge in [-0.15, -0.1) is 0 Å². The molecule has 0 bridgehead atoms. The molecule has 0 aromatic carbocycles. The van der Waals surface area contributed by atoms with Gasteiger partial charge in [-0.1, -0.05) is 13.8 Å². The minimum Gasteiger partial charge on any atom is -0.476 e. The van der Waals surface area contributed by atoms with Gasteiger partial charge < -0.3 is 20.9 Å². The van der Waals surface area contributed by atoms with E-state index in [0.29, 0.717) is 37.0 Å². The molecule has 0 aliphatic rings. The summed E-state index contributed by atoms with van der Waals surface area (Å²) >= 11 is 0. The van der Waals surface area contributed by atoms with Gasteiger partial charge in [0.1, 0.15) is 12.0 Å². The average Bonchev–Trinajstić information content (AvgIpc) is 2.35. The molecule has 0 amide bonds. The van der Waals surface area contributed by atoms with Crippen molar-refractivity contribution in [3.63, 3.8) is 0 Å². The van der Waals surface area contributed by atoms with E-state index in [9.17, 15) is 5.11 Å². The number of nitrogen functional groups attached to an aromatic ring is 1. The summed E-state index contributed by atoms with van der Waals surface area (Å²) in [6, 6.07) is 0. The zero-order valence-electron chi connectivity index (χ0n) is 10.3. The van der Waals surface area contributed by atoms with E-state index in [1.54, 1.807) is 0 Å². The number of anilines is 2. The number of aliphatic hydroxyl groups excluding tert-OH is 1. The number of hydrogen-bond donors (Lipinski definition) is 3. The van der Waals surface area contributed by atoms with Gasteiger partial charge in [-0.05, 0) is 12.8 Å². The predicted octanol–water partition coefficient (Wildman–Crippen LogP) is 1.03. The van der Waals surface area contributed by atoms with Crippen molar-refractivity contribution < 1.29 is 9.84 Å². The lowest BCUT2D eigenvalue weighted by atomic mass is 10.3. The first kappa shape index (κ1) is 13.5. The molecule has 1 unspecified atom stereocenters. The lowest BCUT2D eigenvalue weighted by molar-refractivity contribution is 0.183. The molecule has 0 spiro atoms. The van der Waals surface area contributed by atoms with Crippen LogP contribution in [0.25, 0.3) is 0 Å². The third-order valence-electron chi connectivity index (χ3n) is 2.27. The third-order valence-corrected chi connectivity index (χ3v) is 2.27. The van der Waals surface area contributed by atoms with Gasteiger partial charge in [-0.2, -0.15) is 4.98 Å². The lowest BCUT2D eigenvalue weighted by Gasteiger charge is -2.13. The van der Waals surface area contributed by atoms with Gasteiger partial charge in [-0.3, -0.25) is 0 Å². The number of ether oxygens (including phenoxy) is 1. The number of nitrogens with one attached hydrogen (secondary N) is 1. The normalized spacial score (nSPS) is 12.2. The molecule has 1 heterocycles. The Morgan fingerprint density at radius 2 is 2.24 bits per heavy atom. The second-order valence-corrected chi connectivity index (χ2v) is 3.73. The molecule has 1 atom stereocenters. The highest BCUT2D eigenvalue weighted by Crippen LogP contribution is 2.24. The van der Waals surface area contributed by atoms with E-state index in [2.05, 4.69) is 15.3 Å². The molecule has 1 aromatic heterocycles. The highest BCUT2D eigenvalue weighted by molar-refractivity contribution is 5.66. The van der Waals surface area contributed by atoms with Gasteiger partial charge in [-0.25, -0.2) is 4.98 Å². The highest BCUT2D eigenvalue weighted by Gasteiger charge is 2.09. The lowest BCUT2D eigenvalue weighted by Crippen LogP contribution is -2.19. The van der Waals surface area contributed by atoms with Crippen LogP contribution in [0.1, 0.15) is 26.7 Å². The fourth-order valence-corrected chi connectivity index (χ4v) is 1.19. The number of hydrogen-bond acceptors (Lipinski definition) is 6. The van der Waals surface area contributed by atoms with Crippen molar-refractivity contribution in [2.45, 2.75) is 32.8 Å². The van der Waals surface area contributed by atoms with Crippen molar-refractivity contribution in [1.82, 2.24) is 9.97 Å². The van der Waals surface area contributed by atoms with Crippen LogP contribution in [-0.4, -0.2) is 34.3 Å². The van der Waals surface area contributed by atoms with E-state index in [1.807, 2.05) is 13.8 Å². The molecule has 17 heavy (non-hydrogen) atoms. The first-order valence-electron chi connectivity index (χ1n) is 5.84. The number of aliphatic hydroxyl groups is 1. The van der Waals surface area contributed by atoms with Crippen LogP contribution in [0.3, 0.4) is 0 Å². The predicted molar refractivity (Wildman–Crippen MR) is 67.0 cm³/mol. The minimum absolute atomic E-state index is 0.379. The average molecular weight is 240 g/mol. The topological polar surface area (TPSA) is 93.3 Å². The van der Waals surface area contributed by atoms with Crippen molar-refractivity contribution in [3.8, 4) is 5.88 Å². The summed E-state index contributed by atoms with van der Waals surface area (Å²) in [7, 11) is 0. The molecule has 6 heteroatoms. The summed E-state index contributed by atoms with van der Waals surface area (Å²) in [5.41, 5.74) is 6.24. The Labute approximate surface area is 101 Å². The van der Waals surface area contributed by atoms with E-state index < -0.39 is 6.10 Å². The van der Waals surface area contributed by atoms with Gasteiger partial charge in [0.25, 0.3) is 0 Å². The van der Waals surface area contributed by atoms with Crippen LogP contribution >= 0.6 is 0 Å². The summed E-state index contributed by atoms with van der Waals surface area (Å²) in [5, 5.41) is 12.4. The summed E-state index contributed by atoms with van der Waals surface area (Å²) in [6.07, 6.45) is 2.55. The van der Waals surface area contributed by atoms with Crippen molar-refractivity contribution in [3.05, 3.63) is 6.33 Å². The van der Waals surface area contributed by atoms with Crippen LogP contribution in [0, 0.1) is 0 Å². The number of nitrogens with two attached hydrogens (primary N) is 1. The zero-order chi connectivity index (χ0) is 12.7. The molecule has 1 rings (SSSR count). The summed E-state index contributed by atoms with van der Waals surface area (Å²) in [6.45, 7) is 4.89. The van der Waals surface area contributed by atoms with Crippen molar-refractivity contribution in [1.29, 1.82) is 0 Å². The summed E-state index contributed by atoms with van der Waals surface area (Å²) < 4.78 is 5.38. The quantitative estimate of drug-likeness (QED) is 0.659. The Morgan fingerprint density at radius 1 is 1.47 bits per heavy atom. The fraction of sp³-hybridized carbons (Fsp3) is 0.636. The van der Waals surface area contributed by atoms with Gasteiger partial charge >= 0.3 is 0 Å². The number of rotatable bonds is 7. The molecular weight excluding hydrogens is 220 g/mol. The van der Waals surface area contributed by atoms with E-state index in [1.165, 1.54) is 6.33 Å². The Hall–Kier alpha value is -1.56. The molecule has 6 nitrogen and oxygen atoms in total. The van der Waals surface area contributed by atoms with Crippen LogP contribution < -0.4 is 15.8 Å². The fourth-order valence-electron chi connectivity index (χ4n) is 1.19. The molecule has 0 saturated heterocycles. The molecule has 1 aromatic rings. The van der Waals surface area contributed by atoms with Crippen LogP contribution in [0.4, 0.5) is 11.5 Å². The largest absolute Gasteiger partial charge is 0.476 e. The maximum absolute atomic E-state index is 9.44. The number of aromatic nitrogens is 2. The third kappa shape index (κ3) is 4.07. The van der Waals surface area contributed by atoms with E-state index in [0.717, 1.165) is 6.42 Å². The Balaban J connectivity index is 2.65. The molecule has 0 saturated carbocycles. The Morgan fingerprint density at radius 3 is 2.88 bits per heavy atom. The van der Waals surface area contributed by atoms with Gasteiger partial charge in [0.2, 0.25) is 5.88 Å². The molecule has 4 N–H and O–H groups in total. The standard InChI is InChI=1S/C11H20N4O2/c1-3-5-17-11-9(12)10(14-7-15-11)13-6-8(16)4-2/h7-8,16H,3-6,12H2,1-2H3,(H,13,14,15). The Kier molecular flexibility index (Phi) is 5.48. The molecule has 96 valence electrons. The number of nitrogens with zero attached hydrogens (tertiary/aromatic N) is 2. The maximum Gasteiger partial charge on any atom is 0.242 e. The monoisotopic (exact) mass is 240 g/mol. The molecule has 0 fully saturated rings. The highest BCUT2D eigenvalue weighted by atomic mass is 16.5. The zero-order valence-corrected chi connectivity index (χ0v) is 10.3. The van der Waals surface area contributed by atoms with E-state index >= 15 is 0 Å². The van der Waals surface area contributed by atoms with E-state index in [4.69, 9.17) is 10.5 Å². The molecule has 0 radical (unpaired) electrons. The van der Waals surface area contributed by atoms with Crippen molar-refractivity contribution >= 4 is 11.5 Å². The molecular formula is C11H20N4O2. The van der Waals surface area contributed by atoms with Gasteiger partial charge in [0.15, 0.2) is 5.82 Å². The maximum atomic E-state index is 9.44. The van der Waals surface area contributed by atoms with Crippen LogP contribution in [0.15, 0.2) is 6.33 Å². The minimum atomic E-state index is -0.413. The van der Waals surface area contributed by atoms with Crippen LogP contribution in [0.5, 0.6) is 5.88 Å². The SMILES string of the molecule is CCCOc1ncnc(NCC(O)CC)c1N. The Bertz CT molecular complexity index is 346. The van der Waals surface area contributed by atoms with Gasteiger partial charge in [0, 0.05) is 6.54 Å². The summed E-state index contributed by atoms with van der Waals surface area (Å²) in [5.74, 6) is 0.883. The summed E-state index contributed by atoms with van der Waals surface area (Å²) in [4.78, 5) is 7.98. The van der Waals surface area contributed by atoms with Crippen molar-refractivity contribution in [2.75, 3.05) is 24.2 Å². The smallest absolute Gasteiger partial charge is 0.242 e. The van der Waals surface area contributed by atoms with Crippen LogP contribution in [-0.2, 0) is 0 Å². The molecule has 0 aliphatic carbocycles. The van der Waals surface area contributed by atoms with Crippen molar-refractivity contribution in [2.24, 2.45) is 0 Å². The van der Waals surface area contributed by atoms with Crippen LogP contribution in [0.2, 0.25) is 0 Å². The van der Waals surface area contributed by atoms with Gasteiger partial charge in [0.05, 0.1) is 12.7 Å². The molecule has 0 aliphatic heterocycles. The second kappa shape index (κ2) is 6.90. The second-order valence-electron chi connectivity index (χ2n) is 3.73. The van der Waals surface area contributed by atoms with E-state index in [-0.39, 0.29) is 0 Å². The first-order chi connectivity index (χ1) is 8.19.